The van der Waals surface area contributed by atoms with Crippen LogP contribution in [-0.2, 0) is 0 Å². The molecule has 0 bridgehead atoms. The van der Waals surface area contributed by atoms with Gasteiger partial charge < -0.3 is 10.5 Å². The first-order chi connectivity index (χ1) is 6.20. The third-order valence-corrected chi connectivity index (χ3v) is 2.77. The van der Waals surface area contributed by atoms with Crippen LogP contribution in [0, 0.1) is 0 Å². The van der Waals surface area contributed by atoms with Gasteiger partial charge in [0, 0.05) is 23.0 Å². The Bertz CT molecular complexity index is 343. The highest BCUT2D eigenvalue weighted by atomic mass is 35.5. The summed E-state index contributed by atoms with van der Waals surface area (Å²) in [4.78, 5) is 0. The van der Waals surface area contributed by atoms with Crippen LogP contribution in [0.1, 0.15) is 18.0 Å². The highest BCUT2D eigenvalue weighted by Gasteiger charge is 2.23. The van der Waals surface area contributed by atoms with E-state index in [9.17, 15) is 0 Å². The SMILES string of the molecule is Cl.N[C@H]1CCOc2c(Cl)ccc(Cl)c21. The van der Waals surface area contributed by atoms with Crippen molar-refractivity contribution < 1.29 is 4.74 Å². The standard InChI is InChI=1S/C9H9Cl2NO.ClH/c10-5-1-2-6(11)9-8(5)7(12)3-4-13-9;/h1-2,7H,3-4,12H2;1H/t7-;/m0./s1. The largest absolute Gasteiger partial charge is 0.492 e. The summed E-state index contributed by atoms with van der Waals surface area (Å²) in [6, 6.07) is 3.41. The van der Waals surface area contributed by atoms with Crippen molar-refractivity contribution in [3.8, 4) is 5.75 Å². The van der Waals surface area contributed by atoms with Crippen molar-refractivity contribution >= 4 is 35.6 Å². The summed E-state index contributed by atoms with van der Waals surface area (Å²) in [5, 5.41) is 1.21. The van der Waals surface area contributed by atoms with Gasteiger partial charge in [0.05, 0.1) is 11.6 Å². The number of nitrogens with two attached hydrogens (primary N) is 1. The smallest absolute Gasteiger partial charge is 0.144 e. The van der Waals surface area contributed by atoms with Crippen molar-refractivity contribution in [2.75, 3.05) is 6.61 Å². The topological polar surface area (TPSA) is 35.2 Å². The van der Waals surface area contributed by atoms with Crippen LogP contribution >= 0.6 is 35.6 Å². The number of benzene rings is 1. The second-order valence-corrected chi connectivity index (χ2v) is 3.83. The van der Waals surface area contributed by atoms with E-state index in [1.807, 2.05) is 0 Å². The Morgan fingerprint density at radius 1 is 1.29 bits per heavy atom. The lowest BCUT2D eigenvalue weighted by atomic mass is 10.0. The predicted molar refractivity (Wildman–Crippen MR) is 60.8 cm³/mol. The Labute approximate surface area is 98.7 Å². The fourth-order valence-corrected chi connectivity index (χ4v) is 1.98. The van der Waals surface area contributed by atoms with E-state index in [-0.39, 0.29) is 18.4 Å². The predicted octanol–water partition coefficient (Wildman–Crippen LogP) is 3.20. The third kappa shape index (κ3) is 1.94. The quantitative estimate of drug-likeness (QED) is 0.772. The van der Waals surface area contributed by atoms with Gasteiger partial charge in [0.15, 0.2) is 0 Å². The molecule has 0 fully saturated rings. The Hall–Kier alpha value is -0.150. The van der Waals surface area contributed by atoms with Gasteiger partial charge in [-0.1, -0.05) is 23.2 Å². The summed E-state index contributed by atoms with van der Waals surface area (Å²) in [7, 11) is 0. The summed E-state index contributed by atoms with van der Waals surface area (Å²) in [5.74, 6) is 0.646. The molecule has 1 aliphatic heterocycles. The van der Waals surface area contributed by atoms with Crippen LogP contribution in [-0.4, -0.2) is 6.61 Å². The molecule has 0 spiro atoms. The molecule has 0 unspecified atom stereocenters. The first-order valence-electron chi connectivity index (χ1n) is 4.06. The average Bonchev–Trinajstić information content (AvgIpc) is 2.12. The van der Waals surface area contributed by atoms with E-state index in [1.54, 1.807) is 12.1 Å². The van der Waals surface area contributed by atoms with Crippen molar-refractivity contribution in [2.45, 2.75) is 12.5 Å². The zero-order chi connectivity index (χ0) is 9.42. The molecule has 2 N–H and O–H groups in total. The summed E-state index contributed by atoms with van der Waals surface area (Å²) in [6.07, 6.45) is 0.785. The minimum Gasteiger partial charge on any atom is -0.492 e. The molecule has 2 nitrogen and oxygen atoms in total. The summed E-state index contributed by atoms with van der Waals surface area (Å²) >= 11 is 11.9. The molecule has 0 amide bonds. The molecular formula is C9H10Cl3NO. The fraction of sp³-hybridized carbons (Fsp3) is 0.333. The van der Waals surface area contributed by atoms with E-state index < -0.39 is 0 Å². The number of halogens is 3. The zero-order valence-corrected chi connectivity index (χ0v) is 9.62. The lowest BCUT2D eigenvalue weighted by molar-refractivity contribution is 0.269. The Morgan fingerprint density at radius 3 is 2.57 bits per heavy atom. The van der Waals surface area contributed by atoms with Crippen LogP contribution in [0.3, 0.4) is 0 Å². The van der Waals surface area contributed by atoms with Gasteiger partial charge in [0.25, 0.3) is 0 Å². The minimum atomic E-state index is -0.0602. The number of ether oxygens (including phenoxy) is 1. The molecule has 0 aliphatic carbocycles. The summed E-state index contributed by atoms with van der Waals surface area (Å²) in [5.41, 5.74) is 6.73. The van der Waals surface area contributed by atoms with E-state index in [0.29, 0.717) is 22.4 Å². The molecule has 1 aromatic rings. The van der Waals surface area contributed by atoms with Gasteiger partial charge in [0.2, 0.25) is 0 Å². The van der Waals surface area contributed by atoms with E-state index in [4.69, 9.17) is 33.7 Å². The number of fused-ring (bicyclic) bond motifs is 1. The van der Waals surface area contributed by atoms with E-state index >= 15 is 0 Å². The van der Waals surface area contributed by atoms with Crippen LogP contribution in [0.15, 0.2) is 12.1 Å². The van der Waals surface area contributed by atoms with Gasteiger partial charge in [-0.15, -0.1) is 12.4 Å². The van der Waals surface area contributed by atoms with Crippen molar-refractivity contribution in [3.05, 3.63) is 27.7 Å². The molecule has 0 radical (unpaired) electrons. The number of rotatable bonds is 0. The number of hydrogen-bond donors (Lipinski definition) is 1. The second kappa shape index (κ2) is 4.58. The highest BCUT2D eigenvalue weighted by molar-refractivity contribution is 6.35. The van der Waals surface area contributed by atoms with Gasteiger partial charge in [-0.25, -0.2) is 0 Å². The van der Waals surface area contributed by atoms with Crippen LogP contribution < -0.4 is 10.5 Å². The van der Waals surface area contributed by atoms with Crippen molar-refractivity contribution in [1.29, 1.82) is 0 Å². The third-order valence-electron chi connectivity index (χ3n) is 2.14. The molecule has 1 aliphatic rings. The second-order valence-electron chi connectivity index (χ2n) is 3.02. The van der Waals surface area contributed by atoms with Crippen LogP contribution in [0.25, 0.3) is 0 Å². The average molecular weight is 255 g/mol. The van der Waals surface area contributed by atoms with Crippen molar-refractivity contribution in [2.24, 2.45) is 5.73 Å². The Morgan fingerprint density at radius 2 is 1.93 bits per heavy atom. The molecule has 78 valence electrons. The first-order valence-corrected chi connectivity index (χ1v) is 4.82. The molecule has 1 heterocycles. The minimum absolute atomic E-state index is 0. The zero-order valence-electron chi connectivity index (χ0n) is 7.30. The van der Waals surface area contributed by atoms with E-state index in [1.165, 1.54) is 0 Å². The maximum atomic E-state index is 5.99. The fourth-order valence-electron chi connectivity index (χ4n) is 1.47. The van der Waals surface area contributed by atoms with Crippen LogP contribution in [0.4, 0.5) is 0 Å². The lowest BCUT2D eigenvalue weighted by Gasteiger charge is -2.24. The molecule has 0 aromatic heterocycles. The van der Waals surface area contributed by atoms with Crippen LogP contribution in [0.5, 0.6) is 5.75 Å². The van der Waals surface area contributed by atoms with Crippen molar-refractivity contribution in [3.63, 3.8) is 0 Å². The first kappa shape index (κ1) is 11.9. The molecule has 2 rings (SSSR count). The van der Waals surface area contributed by atoms with Gasteiger partial charge in [-0.2, -0.15) is 0 Å². The Kier molecular flexibility index (Phi) is 3.90. The molecule has 14 heavy (non-hydrogen) atoms. The monoisotopic (exact) mass is 253 g/mol. The normalized spacial score (nSPS) is 19.2. The molecule has 1 aromatic carbocycles. The van der Waals surface area contributed by atoms with E-state index in [2.05, 4.69) is 0 Å². The number of hydrogen-bond acceptors (Lipinski definition) is 2. The lowest BCUT2D eigenvalue weighted by Crippen LogP contribution is -2.21. The van der Waals surface area contributed by atoms with Gasteiger partial charge >= 0.3 is 0 Å². The van der Waals surface area contributed by atoms with Gasteiger partial charge in [-0.05, 0) is 12.1 Å². The molecule has 5 heteroatoms. The van der Waals surface area contributed by atoms with Gasteiger partial charge in [-0.3, -0.25) is 0 Å². The molecular weight excluding hydrogens is 244 g/mol. The highest BCUT2D eigenvalue weighted by Crippen LogP contribution is 2.40. The molecule has 0 saturated heterocycles. The van der Waals surface area contributed by atoms with Crippen LogP contribution in [0.2, 0.25) is 10.0 Å². The molecule has 0 saturated carbocycles. The molecule has 1 atom stereocenters. The van der Waals surface area contributed by atoms with Crippen molar-refractivity contribution in [1.82, 2.24) is 0 Å². The summed E-state index contributed by atoms with van der Waals surface area (Å²) in [6.45, 7) is 0.605. The Balaban J connectivity index is 0.000000980. The summed E-state index contributed by atoms with van der Waals surface area (Å²) < 4.78 is 5.41. The van der Waals surface area contributed by atoms with Gasteiger partial charge in [0.1, 0.15) is 5.75 Å². The van der Waals surface area contributed by atoms with E-state index in [0.717, 1.165) is 12.0 Å². The maximum absolute atomic E-state index is 5.99. The maximum Gasteiger partial charge on any atom is 0.144 e.